The van der Waals surface area contributed by atoms with E-state index in [2.05, 4.69) is 81.4 Å². The number of esters is 2. The molecular weight excluding hydrogens is 845 g/mol. The molecule has 3 N–H and O–H groups in total. The number of rotatable bonds is 19. The fraction of sp³-hybridized carbons (Fsp3) is 0.803. The molecule has 0 saturated heterocycles. The Kier molecular flexibility index (Phi) is 35.7. The van der Waals surface area contributed by atoms with Crippen LogP contribution in [0.1, 0.15) is 256 Å². The molecule has 10 unspecified atom stereocenters. The predicted octanol–water partition coefficient (Wildman–Crippen LogP) is 16.4. The highest BCUT2D eigenvalue weighted by Gasteiger charge is 2.24. The van der Waals surface area contributed by atoms with Crippen molar-refractivity contribution in [2.75, 3.05) is 0 Å². The van der Waals surface area contributed by atoms with Gasteiger partial charge in [0.25, 0.3) is 0 Å². The van der Waals surface area contributed by atoms with Crippen LogP contribution in [0.4, 0.5) is 0 Å². The molecule has 0 heterocycles. The number of carbonyl (C=O) groups is 2. The summed E-state index contributed by atoms with van der Waals surface area (Å²) >= 11 is 0. The molecule has 0 bridgehead atoms. The first-order valence-corrected chi connectivity index (χ1v) is 28.1. The molecule has 7 nitrogen and oxygen atoms in total. The number of hydrogen-bond donors (Lipinski definition) is 3. The average Bonchev–Trinajstić information content (AvgIpc) is 3.24. The van der Waals surface area contributed by atoms with Crippen LogP contribution in [-0.4, -0.2) is 57.8 Å². The van der Waals surface area contributed by atoms with Crippen molar-refractivity contribution in [3.63, 3.8) is 0 Å². The molecule has 0 spiro atoms. The van der Waals surface area contributed by atoms with E-state index in [9.17, 15) is 24.9 Å². The number of unbranched alkanes of at least 4 members (excludes halogenated alkanes) is 8. The van der Waals surface area contributed by atoms with Gasteiger partial charge in [-0.3, -0.25) is 9.59 Å². The Bertz CT molecular complexity index is 1500. The first-order valence-electron chi connectivity index (χ1n) is 28.1. The lowest BCUT2D eigenvalue weighted by atomic mass is 9.84. The van der Waals surface area contributed by atoms with Gasteiger partial charge in [0.05, 0.1) is 18.3 Å². The molecule has 0 fully saturated rings. The molecule has 0 aromatic carbocycles. The van der Waals surface area contributed by atoms with E-state index in [1.807, 2.05) is 18.2 Å². The van der Waals surface area contributed by atoms with Crippen molar-refractivity contribution in [3.8, 4) is 0 Å². The summed E-state index contributed by atoms with van der Waals surface area (Å²) < 4.78 is 10.4. The smallest absolute Gasteiger partial charge is 0.303 e. The van der Waals surface area contributed by atoms with Crippen molar-refractivity contribution in [3.05, 3.63) is 58.2 Å². The van der Waals surface area contributed by atoms with E-state index < -0.39 is 0 Å². The highest BCUT2D eigenvalue weighted by Crippen LogP contribution is 2.32. The highest BCUT2D eigenvalue weighted by atomic mass is 16.5. The lowest BCUT2D eigenvalue weighted by Gasteiger charge is -2.27. The van der Waals surface area contributed by atoms with Crippen LogP contribution in [0.2, 0.25) is 0 Å². The number of carbonyl (C=O) groups excluding carboxylic acids is 2. The quantitative estimate of drug-likeness (QED) is 0.0671. The minimum absolute atomic E-state index is 0.0243. The second-order valence-corrected chi connectivity index (χ2v) is 22.0. The second kappa shape index (κ2) is 38.2. The maximum absolute atomic E-state index is 10.9. The average molecular weight is 954 g/mol. The maximum Gasteiger partial charge on any atom is 0.303 e. The van der Waals surface area contributed by atoms with Crippen LogP contribution in [-0.2, 0) is 19.1 Å². The maximum atomic E-state index is 10.9. The van der Waals surface area contributed by atoms with Crippen LogP contribution in [0.15, 0.2) is 58.2 Å². The summed E-state index contributed by atoms with van der Waals surface area (Å²) in [6.45, 7) is 24.7. The largest absolute Gasteiger partial charge is 0.458 e. The SMILES string of the molecule is CCC1CC(C)=CC(OC(C)=O)C1.CCCCC1CC(C)=CC(O)C1.CCCCC1CC(C)=CC(OC(C)=O)C1.CCCCCC1CC(C)=CC(O)C1.CCCCCCCC1CC(C)=CC(O)C1. The van der Waals surface area contributed by atoms with E-state index in [4.69, 9.17) is 9.47 Å². The first-order chi connectivity index (χ1) is 32.4. The van der Waals surface area contributed by atoms with E-state index in [1.165, 1.54) is 177 Å². The lowest BCUT2D eigenvalue weighted by molar-refractivity contribution is -0.146. The summed E-state index contributed by atoms with van der Waals surface area (Å²) in [4.78, 5) is 21.7. The van der Waals surface area contributed by atoms with E-state index in [0.29, 0.717) is 11.8 Å². The van der Waals surface area contributed by atoms with E-state index >= 15 is 0 Å². The molecule has 5 aliphatic carbocycles. The zero-order chi connectivity index (χ0) is 50.9. The summed E-state index contributed by atoms with van der Waals surface area (Å²) in [6.07, 6.45) is 42.9. The second-order valence-electron chi connectivity index (χ2n) is 22.0. The Labute approximate surface area is 419 Å². The van der Waals surface area contributed by atoms with Crippen LogP contribution >= 0.6 is 0 Å². The number of ether oxygens (including phenoxy) is 2. The molecule has 5 aliphatic rings. The van der Waals surface area contributed by atoms with Crippen LogP contribution in [0.25, 0.3) is 0 Å². The third-order valence-electron chi connectivity index (χ3n) is 14.4. The highest BCUT2D eigenvalue weighted by molar-refractivity contribution is 5.66. The van der Waals surface area contributed by atoms with Gasteiger partial charge in [-0.05, 0) is 141 Å². The van der Waals surface area contributed by atoms with E-state index in [0.717, 1.165) is 56.3 Å². The van der Waals surface area contributed by atoms with Crippen LogP contribution in [0, 0.1) is 29.6 Å². The van der Waals surface area contributed by atoms with Crippen molar-refractivity contribution in [2.45, 2.75) is 287 Å². The monoisotopic (exact) mass is 953 g/mol. The fourth-order valence-corrected chi connectivity index (χ4v) is 11.2. The summed E-state index contributed by atoms with van der Waals surface area (Å²) in [5.41, 5.74) is 6.85. The molecule has 0 saturated carbocycles. The van der Waals surface area contributed by atoms with Gasteiger partial charge in [0.1, 0.15) is 12.2 Å². The van der Waals surface area contributed by atoms with Gasteiger partial charge in [-0.15, -0.1) is 0 Å². The molecule has 0 aromatic heterocycles. The van der Waals surface area contributed by atoms with Crippen molar-refractivity contribution >= 4 is 11.9 Å². The Morgan fingerprint density at radius 1 is 0.412 bits per heavy atom. The Hall–Kier alpha value is -2.48. The van der Waals surface area contributed by atoms with Gasteiger partial charge in [-0.1, -0.05) is 190 Å². The van der Waals surface area contributed by atoms with Gasteiger partial charge in [-0.2, -0.15) is 0 Å². The van der Waals surface area contributed by atoms with Crippen molar-refractivity contribution in [1.29, 1.82) is 0 Å². The van der Waals surface area contributed by atoms with Gasteiger partial charge < -0.3 is 24.8 Å². The Morgan fingerprint density at radius 3 is 1.03 bits per heavy atom. The van der Waals surface area contributed by atoms with E-state index in [1.54, 1.807) is 0 Å². The van der Waals surface area contributed by atoms with E-state index in [-0.39, 0.29) is 42.5 Å². The van der Waals surface area contributed by atoms with Gasteiger partial charge >= 0.3 is 11.9 Å². The summed E-state index contributed by atoms with van der Waals surface area (Å²) in [5, 5.41) is 28.6. The minimum Gasteiger partial charge on any atom is -0.458 e. The molecule has 10 atom stereocenters. The van der Waals surface area contributed by atoms with Crippen LogP contribution in [0.3, 0.4) is 0 Å². The third kappa shape index (κ3) is 32.4. The molecule has 0 amide bonds. The van der Waals surface area contributed by atoms with Crippen molar-refractivity contribution in [2.24, 2.45) is 29.6 Å². The number of aliphatic hydroxyl groups excluding tert-OH is 3. The van der Waals surface area contributed by atoms with Gasteiger partial charge in [-0.25, -0.2) is 0 Å². The summed E-state index contributed by atoms with van der Waals surface area (Å²) in [5.74, 6) is 3.28. The van der Waals surface area contributed by atoms with Crippen molar-refractivity contribution in [1.82, 2.24) is 0 Å². The summed E-state index contributed by atoms with van der Waals surface area (Å²) in [6, 6.07) is 0. The zero-order valence-corrected chi connectivity index (χ0v) is 46.2. The predicted molar refractivity (Wildman–Crippen MR) is 288 cm³/mol. The molecule has 68 heavy (non-hydrogen) atoms. The topological polar surface area (TPSA) is 113 Å². The Balaban J connectivity index is 0.000000426. The Morgan fingerprint density at radius 2 is 0.691 bits per heavy atom. The summed E-state index contributed by atoms with van der Waals surface area (Å²) in [7, 11) is 0. The first kappa shape index (κ1) is 63.5. The fourth-order valence-electron chi connectivity index (χ4n) is 11.2. The molecule has 394 valence electrons. The standard InChI is InChI=1S/C14H26O.C13H22O2.C12H22O.C11H18O2.C11H20O/c1-3-4-5-6-7-8-13-9-12(2)10-14(15)11-13;1-4-5-6-12-7-10(2)8-13(9-12)15-11(3)14;1-3-4-5-6-11-7-10(2)8-12(13)9-11;1-4-10-5-8(2)6-11(7-10)13-9(3)12;1-3-4-5-10-6-9(2)7-11(12)8-10/h10,13-15H,3-9,11H2,1-2H3;8,12-13H,4-7,9H2,1-3H3;8,11-13H,3-7,9H2,1-2H3;6,10-11H,4-5,7H2,1-3H3;7,10-12H,3-6,8H2,1-2H3. The number of allylic oxidation sites excluding steroid dienone is 5. The normalized spacial score (nSPS) is 27.7. The molecule has 5 rings (SSSR count). The minimum atomic E-state index is -0.175. The number of hydrogen-bond acceptors (Lipinski definition) is 7. The molecule has 7 heteroatoms. The molecule has 0 aliphatic heterocycles. The molecule has 0 aromatic rings. The molecule has 0 radical (unpaired) electrons. The molecular formula is C61H108O7. The zero-order valence-electron chi connectivity index (χ0n) is 46.2. The van der Waals surface area contributed by atoms with Gasteiger partial charge in [0.2, 0.25) is 0 Å². The van der Waals surface area contributed by atoms with Gasteiger partial charge in [0, 0.05) is 13.8 Å². The van der Waals surface area contributed by atoms with Gasteiger partial charge in [0.15, 0.2) is 0 Å². The third-order valence-corrected chi connectivity index (χ3v) is 14.4. The van der Waals surface area contributed by atoms with Crippen molar-refractivity contribution < 1.29 is 34.4 Å². The lowest BCUT2D eigenvalue weighted by Crippen LogP contribution is -2.22. The van der Waals surface area contributed by atoms with Crippen LogP contribution in [0.5, 0.6) is 0 Å². The van der Waals surface area contributed by atoms with Crippen LogP contribution < -0.4 is 0 Å². The number of aliphatic hydroxyl groups is 3.